The number of nitrogens with one attached hydrogen (secondary N) is 1. The molecule has 0 aromatic carbocycles. The normalized spacial score (nSPS) is 10.8. The highest BCUT2D eigenvalue weighted by atomic mass is 32.2. The molecule has 7 heteroatoms. The van der Waals surface area contributed by atoms with Crippen molar-refractivity contribution in [2.24, 2.45) is 0 Å². The fourth-order valence-corrected chi connectivity index (χ4v) is 1.17. The molecule has 0 aliphatic heterocycles. The van der Waals surface area contributed by atoms with Crippen LogP contribution in [0.5, 0.6) is 0 Å². The van der Waals surface area contributed by atoms with E-state index in [1.54, 1.807) is 6.07 Å². The second kappa shape index (κ2) is 2.99. The summed E-state index contributed by atoms with van der Waals surface area (Å²) < 4.78 is 21.7. The van der Waals surface area contributed by atoms with Crippen LogP contribution in [0.3, 0.4) is 0 Å². The summed E-state index contributed by atoms with van der Waals surface area (Å²) in [6, 6.07) is 1.57. The van der Waals surface area contributed by atoms with Crippen molar-refractivity contribution in [2.75, 3.05) is 6.26 Å². The molecule has 0 aliphatic carbocycles. The van der Waals surface area contributed by atoms with Crippen LogP contribution in [0, 0.1) is 11.3 Å². The van der Waals surface area contributed by atoms with Crippen molar-refractivity contribution < 1.29 is 8.42 Å². The molecule has 0 aliphatic rings. The van der Waals surface area contributed by atoms with Crippen LogP contribution >= 0.6 is 0 Å². The summed E-state index contributed by atoms with van der Waals surface area (Å²) in [6.45, 7) is 0. The van der Waals surface area contributed by atoms with Crippen molar-refractivity contribution >= 4 is 9.84 Å². The van der Waals surface area contributed by atoms with E-state index >= 15 is 0 Å². The summed E-state index contributed by atoms with van der Waals surface area (Å²) in [5.41, 5.74) is -0.967. The lowest BCUT2D eigenvalue weighted by molar-refractivity contribution is 0.592. The second-order valence-corrected chi connectivity index (χ2v) is 4.25. The van der Waals surface area contributed by atoms with Gasteiger partial charge in [-0.05, 0) is 0 Å². The summed E-state index contributed by atoms with van der Waals surface area (Å²) in [7, 11) is -3.53. The maximum absolute atomic E-state index is 10.9. The number of nitriles is 1. The monoisotopic (exact) mass is 199 g/mol. The average Bonchev–Trinajstić information content (AvgIpc) is 2.02. The first-order valence-electron chi connectivity index (χ1n) is 3.14. The van der Waals surface area contributed by atoms with E-state index < -0.39 is 20.6 Å². The van der Waals surface area contributed by atoms with Gasteiger partial charge in [0, 0.05) is 6.26 Å². The van der Waals surface area contributed by atoms with Crippen LogP contribution in [0.4, 0.5) is 0 Å². The van der Waals surface area contributed by atoms with Crippen LogP contribution in [-0.2, 0) is 9.84 Å². The Bertz CT molecular complexity index is 523. The number of nitrogens with zero attached hydrogens (tertiary/aromatic N) is 2. The average molecular weight is 199 g/mol. The van der Waals surface area contributed by atoms with Gasteiger partial charge >= 0.3 is 0 Å². The lowest BCUT2D eigenvalue weighted by Gasteiger charge is -1.94. The molecule has 6 nitrogen and oxygen atoms in total. The highest BCUT2D eigenvalue weighted by Gasteiger charge is 2.10. The summed E-state index contributed by atoms with van der Waals surface area (Å²) in [4.78, 5) is 16.3. The Labute approximate surface area is 73.8 Å². The van der Waals surface area contributed by atoms with Gasteiger partial charge in [0.05, 0.1) is 6.20 Å². The fraction of sp³-hybridized carbons (Fsp3) is 0.167. The second-order valence-electron chi connectivity index (χ2n) is 2.32. The predicted molar refractivity (Wildman–Crippen MR) is 42.7 cm³/mol. The molecular weight excluding hydrogens is 194 g/mol. The van der Waals surface area contributed by atoms with Crippen molar-refractivity contribution in [3.05, 3.63) is 22.1 Å². The molecule has 1 rings (SSSR count). The molecular formula is C6H5N3O3S. The molecule has 0 unspecified atom stereocenters. The third-order valence-corrected chi connectivity index (χ3v) is 2.16. The van der Waals surface area contributed by atoms with Crippen molar-refractivity contribution in [3.8, 4) is 6.07 Å². The van der Waals surface area contributed by atoms with Crippen LogP contribution in [0.25, 0.3) is 0 Å². The van der Waals surface area contributed by atoms with Crippen molar-refractivity contribution in [3.63, 3.8) is 0 Å². The molecule has 0 saturated heterocycles. The molecule has 0 amide bonds. The number of H-pyrrole nitrogens is 1. The lowest BCUT2D eigenvalue weighted by atomic mass is 10.4. The van der Waals surface area contributed by atoms with E-state index in [-0.39, 0.29) is 5.56 Å². The van der Waals surface area contributed by atoms with Gasteiger partial charge in [0.1, 0.15) is 11.6 Å². The van der Waals surface area contributed by atoms with Gasteiger partial charge in [-0.1, -0.05) is 0 Å². The minimum absolute atomic E-state index is 0.215. The van der Waals surface area contributed by atoms with E-state index in [1.165, 1.54) is 0 Å². The highest BCUT2D eigenvalue weighted by Crippen LogP contribution is 1.96. The standard InChI is InChI=1S/C6H5N3O3S/c1-13(11,12)6-8-3-4(2-7)5(10)9-6/h3H,1H3,(H,8,9,10). The van der Waals surface area contributed by atoms with E-state index in [2.05, 4.69) is 4.98 Å². The van der Waals surface area contributed by atoms with Gasteiger partial charge < -0.3 is 0 Å². The molecule has 1 N–H and O–H groups in total. The van der Waals surface area contributed by atoms with E-state index in [4.69, 9.17) is 5.26 Å². The Morgan fingerprint density at radius 2 is 2.23 bits per heavy atom. The molecule has 0 fully saturated rings. The molecule has 0 saturated carbocycles. The first kappa shape index (κ1) is 9.41. The van der Waals surface area contributed by atoms with Crippen molar-refractivity contribution in [1.29, 1.82) is 5.26 Å². The first-order valence-corrected chi connectivity index (χ1v) is 5.04. The van der Waals surface area contributed by atoms with Crippen molar-refractivity contribution in [2.45, 2.75) is 5.16 Å². The number of hydrogen-bond acceptors (Lipinski definition) is 5. The summed E-state index contributed by atoms with van der Waals surface area (Å²) in [6.07, 6.45) is 1.84. The summed E-state index contributed by atoms with van der Waals surface area (Å²) >= 11 is 0. The lowest BCUT2D eigenvalue weighted by Crippen LogP contribution is -2.16. The number of aromatic nitrogens is 2. The fourth-order valence-electron chi connectivity index (χ4n) is 0.647. The third kappa shape index (κ3) is 1.91. The van der Waals surface area contributed by atoms with E-state index in [9.17, 15) is 13.2 Å². The molecule has 68 valence electrons. The zero-order chi connectivity index (χ0) is 10.1. The number of rotatable bonds is 1. The number of hydrogen-bond donors (Lipinski definition) is 1. The Balaban J connectivity index is 3.46. The van der Waals surface area contributed by atoms with E-state index in [1.807, 2.05) is 4.98 Å². The van der Waals surface area contributed by atoms with Crippen molar-refractivity contribution in [1.82, 2.24) is 9.97 Å². The molecule has 0 spiro atoms. The maximum atomic E-state index is 10.9. The van der Waals surface area contributed by atoms with Gasteiger partial charge in [-0.25, -0.2) is 13.4 Å². The van der Waals surface area contributed by atoms with E-state index in [0.717, 1.165) is 12.5 Å². The van der Waals surface area contributed by atoms with E-state index in [0.29, 0.717) is 0 Å². The first-order chi connectivity index (χ1) is 5.95. The Hall–Kier alpha value is -1.68. The van der Waals surface area contributed by atoms with Crippen LogP contribution in [-0.4, -0.2) is 24.6 Å². The zero-order valence-corrected chi connectivity index (χ0v) is 7.42. The van der Waals surface area contributed by atoms with Gasteiger partial charge in [0.15, 0.2) is 0 Å². The minimum atomic E-state index is -3.53. The molecule has 0 atom stereocenters. The van der Waals surface area contributed by atoms with Gasteiger partial charge in [0.25, 0.3) is 5.56 Å². The molecule has 1 aromatic heterocycles. The molecule has 0 radical (unpaired) electrons. The van der Waals surface area contributed by atoms with Crippen LogP contribution in [0.1, 0.15) is 5.56 Å². The molecule has 1 aromatic rings. The van der Waals surface area contributed by atoms with Crippen LogP contribution in [0.2, 0.25) is 0 Å². The quantitative estimate of drug-likeness (QED) is 0.587. The summed E-state index contributed by atoms with van der Waals surface area (Å²) in [5, 5.41) is 7.92. The highest BCUT2D eigenvalue weighted by molar-refractivity contribution is 7.90. The van der Waals surface area contributed by atoms with Gasteiger partial charge in [-0.2, -0.15) is 5.26 Å². The van der Waals surface area contributed by atoms with Gasteiger partial charge in [0.2, 0.25) is 15.0 Å². The Morgan fingerprint density at radius 3 is 2.62 bits per heavy atom. The van der Waals surface area contributed by atoms with Crippen LogP contribution < -0.4 is 5.56 Å². The molecule has 0 bridgehead atoms. The third-order valence-electron chi connectivity index (χ3n) is 1.25. The Morgan fingerprint density at radius 1 is 1.62 bits per heavy atom. The van der Waals surface area contributed by atoms with Gasteiger partial charge in [-0.15, -0.1) is 0 Å². The minimum Gasteiger partial charge on any atom is -0.296 e. The summed E-state index contributed by atoms with van der Waals surface area (Å²) in [5.74, 6) is 0. The SMILES string of the molecule is CS(=O)(=O)c1ncc(C#N)c(=O)[nH]1. The number of aromatic amines is 1. The zero-order valence-electron chi connectivity index (χ0n) is 6.60. The largest absolute Gasteiger partial charge is 0.296 e. The predicted octanol–water partition coefficient (Wildman–Crippen LogP) is -0.955. The van der Waals surface area contributed by atoms with Gasteiger partial charge in [-0.3, -0.25) is 9.78 Å². The Kier molecular flexibility index (Phi) is 2.16. The topological polar surface area (TPSA) is 104 Å². The maximum Gasteiger partial charge on any atom is 0.269 e. The number of sulfone groups is 1. The van der Waals surface area contributed by atoms with Crippen LogP contribution in [0.15, 0.2) is 16.1 Å². The smallest absolute Gasteiger partial charge is 0.269 e. The molecule has 13 heavy (non-hydrogen) atoms. The molecule has 1 heterocycles.